The van der Waals surface area contributed by atoms with Gasteiger partial charge in [0.05, 0.1) is 25.4 Å². The smallest absolute Gasteiger partial charge is 0.186 e. The lowest BCUT2D eigenvalue weighted by Gasteiger charge is -2.62. The van der Waals surface area contributed by atoms with Crippen molar-refractivity contribution < 1.29 is 39.1 Å². The maximum absolute atomic E-state index is 12.7. The molecular formula is C32H50O8. The van der Waals surface area contributed by atoms with E-state index in [1.54, 1.807) is 0 Å². The van der Waals surface area contributed by atoms with E-state index in [1.807, 2.05) is 0 Å². The first-order valence-corrected chi connectivity index (χ1v) is 16.1. The Hall–Kier alpha value is -0.610. The zero-order valence-electron chi connectivity index (χ0n) is 24.7. The van der Waals surface area contributed by atoms with Crippen molar-refractivity contribution in [1.29, 1.82) is 0 Å². The average molecular weight is 563 g/mol. The highest BCUT2D eigenvalue weighted by Gasteiger charge is 2.70. The molecule has 8 heteroatoms. The standard InChI is InChI=1S/C32H50O8/c1-16-5-10-32(38-14-16)17(2)26-25(40-32)13-21-19-12-24(39-29-28(36)27(35)23(34)15-37-29)22-11-18(33)6-8-30(22,3)20(19)7-9-31(21,26)4/h16-17,19-29,34-36H,5-15H2,1-4H3/t16-,17-,19+,20-,21-,22+,23+,24-,25-,26-,27-,28+,29-,30+,31-,32+/m0/s1. The van der Waals surface area contributed by atoms with Gasteiger partial charge in [0.1, 0.15) is 24.1 Å². The SMILES string of the molecule is C[C@H]1CC[C@@]2(OC1)O[C@H]1C[C@H]3[C@@H]4C[C@H](O[C@@H]5OC[C@@H](O)[C@H](O)[C@H]5O)[C@H]5CC(=O)CC[C@]5(C)[C@H]4CC[C@]3(C)[C@H]1[C@@H]2C. The van der Waals surface area contributed by atoms with Gasteiger partial charge < -0.3 is 34.3 Å². The lowest BCUT2D eigenvalue weighted by Crippen LogP contribution is -2.61. The highest BCUT2D eigenvalue weighted by molar-refractivity contribution is 5.79. The molecule has 0 aromatic heterocycles. The molecule has 226 valence electrons. The van der Waals surface area contributed by atoms with Crippen LogP contribution in [0.4, 0.5) is 0 Å². The Kier molecular flexibility index (Phi) is 6.83. The predicted molar refractivity (Wildman–Crippen MR) is 145 cm³/mol. The Labute approximate surface area is 238 Å². The molecule has 3 saturated heterocycles. The minimum atomic E-state index is -1.32. The van der Waals surface area contributed by atoms with Gasteiger partial charge in [-0.05, 0) is 84.9 Å². The van der Waals surface area contributed by atoms with E-state index in [4.69, 9.17) is 18.9 Å². The van der Waals surface area contributed by atoms with Crippen molar-refractivity contribution in [2.75, 3.05) is 13.2 Å². The number of aliphatic hydroxyl groups excluding tert-OH is 3. The largest absolute Gasteiger partial charge is 0.388 e. The van der Waals surface area contributed by atoms with Crippen molar-refractivity contribution in [3.8, 4) is 0 Å². The van der Waals surface area contributed by atoms with E-state index in [9.17, 15) is 20.1 Å². The third-order valence-electron chi connectivity index (χ3n) is 13.5. The molecule has 3 N–H and O–H groups in total. The van der Waals surface area contributed by atoms with Crippen molar-refractivity contribution >= 4 is 5.78 Å². The van der Waals surface area contributed by atoms with Gasteiger partial charge in [-0.1, -0.05) is 27.7 Å². The molecule has 7 fully saturated rings. The third kappa shape index (κ3) is 3.99. The first kappa shape index (κ1) is 28.2. The quantitative estimate of drug-likeness (QED) is 0.439. The molecule has 40 heavy (non-hydrogen) atoms. The zero-order chi connectivity index (χ0) is 28.2. The predicted octanol–water partition coefficient (Wildman–Crippen LogP) is 3.44. The third-order valence-corrected chi connectivity index (χ3v) is 13.5. The minimum Gasteiger partial charge on any atom is -0.388 e. The average Bonchev–Trinajstić information content (AvgIpc) is 3.37. The van der Waals surface area contributed by atoms with Crippen molar-refractivity contribution in [1.82, 2.24) is 0 Å². The number of hydrogen-bond acceptors (Lipinski definition) is 8. The van der Waals surface area contributed by atoms with Gasteiger partial charge in [-0.3, -0.25) is 4.79 Å². The number of rotatable bonds is 2. The van der Waals surface area contributed by atoms with Crippen molar-refractivity contribution in [2.45, 2.75) is 128 Å². The molecule has 16 atom stereocenters. The number of Topliss-reactive ketones (excluding diaryl/α,β-unsaturated/α-hetero) is 1. The Morgan fingerprint density at radius 2 is 1.70 bits per heavy atom. The molecule has 4 aliphatic carbocycles. The molecule has 3 aliphatic heterocycles. The van der Waals surface area contributed by atoms with Gasteiger partial charge in [0, 0.05) is 25.2 Å². The Bertz CT molecular complexity index is 995. The van der Waals surface area contributed by atoms with Gasteiger partial charge in [-0.15, -0.1) is 0 Å². The van der Waals surface area contributed by atoms with E-state index in [-0.39, 0.29) is 35.6 Å². The molecule has 7 aliphatic rings. The van der Waals surface area contributed by atoms with Crippen molar-refractivity contribution in [3.63, 3.8) is 0 Å². The summed E-state index contributed by atoms with van der Waals surface area (Å²) in [5.41, 5.74) is 0.148. The summed E-state index contributed by atoms with van der Waals surface area (Å²) in [7, 11) is 0. The number of carbonyl (C=O) groups excluding carboxylic acids is 1. The van der Waals surface area contributed by atoms with Gasteiger partial charge in [0.25, 0.3) is 0 Å². The van der Waals surface area contributed by atoms with Crippen molar-refractivity contribution in [3.05, 3.63) is 0 Å². The fraction of sp³-hybridized carbons (Fsp3) is 0.969. The minimum absolute atomic E-state index is 0.0193. The Balaban J connectivity index is 1.17. The molecule has 0 unspecified atom stereocenters. The zero-order valence-corrected chi connectivity index (χ0v) is 24.7. The Morgan fingerprint density at radius 1 is 0.900 bits per heavy atom. The van der Waals surface area contributed by atoms with Crippen LogP contribution in [0.3, 0.4) is 0 Å². The van der Waals surface area contributed by atoms with Crippen LogP contribution in [-0.4, -0.2) is 76.9 Å². The second-order valence-corrected chi connectivity index (χ2v) is 15.4. The molecule has 0 aromatic rings. The molecule has 0 bridgehead atoms. The molecule has 1 spiro atoms. The summed E-state index contributed by atoms with van der Waals surface area (Å²) in [5, 5.41) is 31.0. The molecule has 0 radical (unpaired) electrons. The van der Waals surface area contributed by atoms with Crippen LogP contribution in [0.1, 0.15) is 85.5 Å². The van der Waals surface area contributed by atoms with Gasteiger partial charge >= 0.3 is 0 Å². The van der Waals surface area contributed by atoms with E-state index in [2.05, 4.69) is 27.7 Å². The highest BCUT2D eigenvalue weighted by Crippen LogP contribution is 2.71. The molecular weight excluding hydrogens is 512 g/mol. The molecule has 8 nitrogen and oxygen atoms in total. The van der Waals surface area contributed by atoms with Gasteiger partial charge in [-0.25, -0.2) is 0 Å². The number of ketones is 1. The summed E-state index contributed by atoms with van der Waals surface area (Å²) in [5.74, 6) is 2.84. The fourth-order valence-electron chi connectivity index (χ4n) is 11.3. The van der Waals surface area contributed by atoms with E-state index >= 15 is 0 Å². The van der Waals surface area contributed by atoms with E-state index < -0.39 is 30.4 Å². The lowest BCUT2D eigenvalue weighted by molar-refractivity contribution is -0.303. The molecule has 0 aromatic carbocycles. The van der Waals surface area contributed by atoms with E-state index in [1.165, 1.54) is 12.8 Å². The van der Waals surface area contributed by atoms with Gasteiger partial charge in [0.15, 0.2) is 12.1 Å². The first-order valence-electron chi connectivity index (χ1n) is 16.1. The van der Waals surface area contributed by atoms with Crippen LogP contribution < -0.4 is 0 Å². The second kappa shape index (κ2) is 9.70. The number of aliphatic hydroxyl groups is 3. The summed E-state index contributed by atoms with van der Waals surface area (Å²) in [6.07, 6.45) is 3.60. The van der Waals surface area contributed by atoms with Crippen LogP contribution in [-0.2, 0) is 23.7 Å². The van der Waals surface area contributed by atoms with Gasteiger partial charge in [-0.2, -0.15) is 0 Å². The van der Waals surface area contributed by atoms with Crippen LogP contribution in [0.5, 0.6) is 0 Å². The van der Waals surface area contributed by atoms with Crippen LogP contribution in [0.15, 0.2) is 0 Å². The maximum atomic E-state index is 12.7. The fourth-order valence-corrected chi connectivity index (χ4v) is 11.3. The number of hydrogen-bond donors (Lipinski definition) is 3. The highest BCUT2D eigenvalue weighted by atomic mass is 16.7. The second-order valence-electron chi connectivity index (χ2n) is 15.4. The van der Waals surface area contributed by atoms with E-state index in [0.717, 1.165) is 38.7 Å². The molecule has 4 saturated carbocycles. The Morgan fingerprint density at radius 3 is 2.45 bits per heavy atom. The maximum Gasteiger partial charge on any atom is 0.186 e. The molecule has 7 rings (SSSR count). The monoisotopic (exact) mass is 562 g/mol. The molecule has 0 amide bonds. The topological polar surface area (TPSA) is 115 Å². The van der Waals surface area contributed by atoms with Crippen LogP contribution >= 0.6 is 0 Å². The first-order chi connectivity index (χ1) is 19.0. The summed E-state index contributed by atoms with van der Waals surface area (Å²) in [6, 6.07) is 0. The summed E-state index contributed by atoms with van der Waals surface area (Å²) >= 11 is 0. The summed E-state index contributed by atoms with van der Waals surface area (Å²) < 4.78 is 25.7. The van der Waals surface area contributed by atoms with Gasteiger partial charge in [0.2, 0.25) is 0 Å². The van der Waals surface area contributed by atoms with Crippen molar-refractivity contribution in [2.24, 2.45) is 52.3 Å². The van der Waals surface area contributed by atoms with E-state index in [0.29, 0.717) is 54.1 Å². The normalized spacial score (nSPS) is 59.7. The number of carbonyl (C=O) groups is 1. The number of fused-ring (bicyclic) bond motifs is 7. The number of ether oxygens (including phenoxy) is 4. The molecule has 3 heterocycles. The summed E-state index contributed by atoms with van der Waals surface area (Å²) in [6.45, 7) is 10.2. The lowest BCUT2D eigenvalue weighted by atomic mass is 9.43. The van der Waals surface area contributed by atoms with Crippen LogP contribution in [0.25, 0.3) is 0 Å². The van der Waals surface area contributed by atoms with Crippen LogP contribution in [0.2, 0.25) is 0 Å². The van der Waals surface area contributed by atoms with Crippen LogP contribution in [0, 0.1) is 52.3 Å². The summed E-state index contributed by atoms with van der Waals surface area (Å²) in [4.78, 5) is 12.7.